The molecule has 21 heavy (non-hydrogen) atoms. The van der Waals surface area contributed by atoms with Gasteiger partial charge in [-0.25, -0.2) is 0 Å². The van der Waals surface area contributed by atoms with E-state index < -0.39 is 0 Å². The largest absolute Gasteiger partial charge is 0.324 e. The molecule has 4 nitrogen and oxygen atoms in total. The van der Waals surface area contributed by atoms with Crippen LogP contribution in [0.5, 0.6) is 0 Å². The van der Waals surface area contributed by atoms with Gasteiger partial charge in [0.25, 0.3) is 0 Å². The standard InChI is InChI=1S/C17H29N3O/c1-5-10-17(3,4)14-6-8-16(9-7-14)20-12-15(11-18-20)19-13(2)21/h11-12,14,16H,5-10H2,1-4H3,(H,19,21). The van der Waals surface area contributed by atoms with E-state index in [0.29, 0.717) is 11.5 Å². The topological polar surface area (TPSA) is 46.9 Å². The molecular weight excluding hydrogens is 262 g/mol. The first kappa shape index (κ1) is 16.1. The Kier molecular flexibility index (Phi) is 5.07. The smallest absolute Gasteiger partial charge is 0.221 e. The highest BCUT2D eigenvalue weighted by Gasteiger charge is 2.33. The lowest BCUT2D eigenvalue weighted by Gasteiger charge is -2.39. The molecule has 0 saturated heterocycles. The van der Waals surface area contributed by atoms with Gasteiger partial charge in [0.2, 0.25) is 5.91 Å². The van der Waals surface area contributed by atoms with E-state index in [0.717, 1.165) is 11.6 Å². The highest BCUT2D eigenvalue weighted by Crippen LogP contribution is 2.43. The van der Waals surface area contributed by atoms with Crippen LogP contribution in [-0.2, 0) is 4.79 Å². The second-order valence-electron chi connectivity index (χ2n) is 7.13. The van der Waals surface area contributed by atoms with Crippen molar-refractivity contribution < 1.29 is 4.79 Å². The lowest BCUT2D eigenvalue weighted by molar-refractivity contribution is -0.114. The molecule has 0 radical (unpaired) electrons. The maximum atomic E-state index is 11.1. The van der Waals surface area contributed by atoms with E-state index in [1.807, 2.05) is 10.9 Å². The fourth-order valence-electron chi connectivity index (χ4n) is 3.78. The minimum Gasteiger partial charge on any atom is -0.324 e. The van der Waals surface area contributed by atoms with Crippen molar-refractivity contribution in [1.29, 1.82) is 0 Å². The van der Waals surface area contributed by atoms with Crippen LogP contribution in [0.2, 0.25) is 0 Å². The van der Waals surface area contributed by atoms with E-state index in [2.05, 4.69) is 31.2 Å². The minimum absolute atomic E-state index is 0.0421. The molecular formula is C17H29N3O. The van der Waals surface area contributed by atoms with Crippen molar-refractivity contribution in [3.05, 3.63) is 12.4 Å². The molecule has 0 atom stereocenters. The van der Waals surface area contributed by atoms with Crippen LogP contribution < -0.4 is 5.32 Å². The van der Waals surface area contributed by atoms with Crippen molar-refractivity contribution in [2.75, 3.05) is 5.32 Å². The Morgan fingerprint density at radius 2 is 2.05 bits per heavy atom. The summed E-state index contributed by atoms with van der Waals surface area (Å²) < 4.78 is 2.04. The molecule has 1 aromatic heterocycles. The molecule has 4 heteroatoms. The first-order valence-corrected chi connectivity index (χ1v) is 8.24. The zero-order valence-electron chi connectivity index (χ0n) is 13.9. The fraction of sp³-hybridized carbons (Fsp3) is 0.765. The van der Waals surface area contributed by atoms with Gasteiger partial charge in [0, 0.05) is 13.1 Å². The summed E-state index contributed by atoms with van der Waals surface area (Å²) in [5, 5.41) is 7.21. The summed E-state index contributed by atoms with van der Waals surface area (Å²) >= 11 is 0. The molecule has 1 N–H and O–H groups in total. The van der Waals surface area contributed by atoms with Gasteiger partial charge in [-0.05, 0) is 43.4 Å². The van der Waals surface area contributed by atoms with Crippen LogP contribution in [0.15, 0.2) is 12.4 Å². The summed E-state index contributed by atoms with van der Waals surface area (Å²) in [6, 6.07) is 0.487. The van der Waals surface area contributed by atoms with Crippen molar-refractivity contribution in [2.45, 2.75) is 72.3 Å². The van der Waals surface area contributed by atoms with E-state index in [1.54, 1.807) is 6.20 Å². The highest BCUT2D eigenvalue weighted by molar-refractivity contribution is 5.88. The van der Waals surface area contributed by atoms with Crippen LogP contribution in [0.1, 0.15) is 72.3 Å². The van der Waals surface area contributed by atoms with Gasteiger partial charge in [-0.1, -0.05) is 27.2 Å². The maximum absolute atomic E-state index is 11.1. The summed E-state index contributed by atoms with van der Waals surface area (Å²) in [4.78, 5) is 11.1. The lowest BCUT2D eigenvalue weighted by Crippen LogP contribution is -2.29. The molecule has 1 aliphatic carbocycles. The van der Waals surface area contributed by atoms with E-state index in [4.69, 9.17) is 0 Å². The molecule has 2 rings (SSSR count). The van der Waals surface area contributed by atoms with E-state index in [9.17, 15) is 4.79 Å². The van der Waals surface area contributed by atoms with Crippen molar-refractivity contribution in [3.63, 3.8) is 0 Å². The zero-order chi connectivity index (χ0) is 15.5. The molecule has 118 valence electrons. The first-order chi connectivity index (χ1) is 9.92. The Morgan fingerprint density at radius 1 is 1.38 bits per heavy atom. The quantitative estimate of drug-likeness (QED) is 0.874. The zero-order valence-corrected chi connectivity index (χ0v) is 13.9. The normalized spacial score (nSPS) is 23.0. The van der Waals surface area contributed by atoms with Crippen LogP contribution >= 0.6 is 0 Å². The molecule has 1 aromatic rings. The maximum Gasteiger partial charge on any atom is 0.221 e. The van der Waals surface area contributed by atoms with Gasteiger partial charge in [0.05, 0.1) is 17.9 Å². The number of nitrogens with zero attached hydrogens (tertiary/aromatic N) is 2. The third-order valence-electron chi connectivity index (χ3n) is 4.99. The van der Waals surface area contributed by atoms with E-state index in [1.165, 1.54) is 45.4 Å². The van der Waals surface area contributed by atoms with Crippen molar-refractivity contribution >= 4 is 11.6 Å². The average Bonchev–Trinajstić information content (AvgIpc) is 2.86. The minimum atomic E-state index is -0.0421. The Balaban J connectivity index is 1.92. The highest BCUT2D eigenvalue weighted by atomic mass is 16.1. The Hall–Kier alpha value is -1.32. The van der Waals surface area contributed by atoms with Crippen LogP contribution in [0.4, 0.5) is 5.69 Å². The monoisotopic (exact) mass is 291 g/mol. The van der Waals surface area contributed by atoms with Crippen LogP contribution in [0.25, 0.3) is 0 Å². The van der Waals surface area contributed by atoms with E-state index >= 15 is 0 Å². The van der Waals surface area contributed by atoms with Gasteiger partial charge in [0.1, 0.15) is 0 Å². The third-order valence-corrected chi connectivity index (χ3v) is 4.99. The second-order valence-corrected chi connectivity index (χ2v) is 7.13. The summed E-state index contributed by atoms with van der Waals surface area (Å²) in [6.45, 7) is 8.65. The molecule has 1 amide bonds. The van der Waals surface area contributed by atoms with Gasteiger partial charge in [-0.15, -0.1) is 0 Å². The number of hydrogen-bond donors (Lipinski definition) is 1. The molecule has 1 saturated carbocycles. The predicted molar refractivity (Wildman–Crippen MR) is 86.2 cm³/mol. The number of carbonyl (C=O) groups is 1. The number of anilines is 1. The van der Waals surface area contributed by atoms with Gasteiger partial charge >= 0.3 is 0 Å². The Bertz CT molecular complexity index is 470. The summed E-state index contributed by atoms with van der Waals surface area (Å²) in [6.07, 6.45) is 11.2. The SMILES string of the molecule is CCCC(C)(C)C1CCC(n2cc(NC(C)=O)cn2)CC1. The number of rotatable bonds is 5. The molecule has 0 spiro atoms. The number of carbonyl (C=O) groups excluding carboxylic acids is 1. The van der Waals surface area contributed by atoms with Gasteiger partial charge in [-0.3, -0.25) is 9.48 Å². The van der Waals surface area contributed by atoms with Gasteiger partial charge in [-0.2, -0.15) is 5.10 Å². The summed E-state index contributed by atoms with van der Waals surface area (Å²) in [5.74, 6) is 0.790. The lowest BCUT2D eigenvalue weighted by atomic mass is 9.68. The van der Waals surface area contributed by atoms with Gasteiger partial charge in [0.15, 0.2) is 0 Å². The van der Waals surface area contributed by atoms with Crippen molar-refractivity contribution in [3.8, 4) is 0 Å². The molecule has 0 unspecified atom stereocenters. The summed E-state index contributed by atoms with van der Waals surface area (Å²) in [7, 11) is 0. The van der Waals surface area contributed by atoms with Crippen molar-refractivity contribution in [2.24, 2.45) is 11.3 Å². The summed E-state index contributed by atoms with van der Waals surface area (Å²) in [5.41, 5.74) is 1.27. The van der Waals surface area contributed by atoms with Crippen LogP contribution in [0, 0.1) is 11.3 Å². The number of nitrogens with one attached hydrogen (secondary N) is 1. The predicted octanol–water partition coefficient (Wildman–Crippen LogP) is 4.40. The average molecular weight is 291 g/mol. The number of hydrogen-bond acceptors (Lipinski definition) is 2. The molecule has 1 heterocycles. The Morgan fingerprint density at radius 3 is 2.62 bits per heavy atom. The molecule has 1 fully saturated rings. The Labute approximate surface area is 128 Å². The van der Waals surface area contributed by atoms with Crippen molar-refractivity contribution in [1.82, 2.24) is 9.78 Å². The van der Waals surface area contributed by atoms with Crippen LogP contribution in [-0.4, -0.2) is 15.7 Å². The molecule has 0 bridgehead atoms. The number of amides is 1. The van der Waals surface area contributed by atoms with E-state index in [-0.39, 0.29) is 5.91 Å². The van der Waals surface area contributed by atoms with Gasteiger partial charge < -0.3 is 5.32 Å². The third kappa shape index (κ3) is 4.08. The second kappa shape index (κ2) is 6.63. The fourth-order valence-corrected chi connectivity index (χ4v) is 3.78. The first-order valence-electron chi connectivity index (χ1n) is 8.24. The molecule has 1 aliphatic rings. The number of aromatic nitrogens is 2. The van der Waals surface area contributed by atoms with Crippen LogP contribution in [0.3, 0.4) is 0 Å². The molecule has 0 aliphatic heterocycles. The molecule has 0 aromatic carbocycles.